The van der Waals surface area contributed by atoms with Gasteiger partial charge in [0.05, 0.1) is 0 Å². The van der Waals surface area contributed by atoms with E-state index in [1.807, 2.05) is 104 Å². The summed E-state index contributed by atoms with van der Waals surface area (Å²) in [6.45, 7) is 2.04. The SMILES string of the molecule is Cc1cc2c3c(c1)[As](=O)(c1ccccc1)c1cc(-c4ccccc4)ccc1N3c1ccc(-c3ccccc3)cc1[As]2(=O)c1ccccc1. The minimum atomic E-state index is -4.36. The molecule has 2 aliphatic rings. The zero-order valence-corrected chi connectivity index (χ0v) is 30.1. The summed E-state index contributed by atoms with van der Waals surface area (Å²) in [5.74, 6) is 0. The van der Waals surface area contributed by atoms with Crippen LogP contribution in [0.3, 0.4) is 0 Å². The Hall–Kier alpha value is -4.94. The zero-order chi connectivity index (χ0) is 32.5. The molecule has 0 bridgehead atoms. The Morgan fingerprint density at radius 3 is 1.17 bits per heavy atom. The molecule has 9 rings (SSSR count). The molecule has 230 valence electrons. The molecule has 2 unspecified atom stereocenters. The summed E-state index contributed by atoms with van der Waals surface area (Å²) in [5.41, 5.74) is 7.79. The maximum atomic E-state index is 16.3. The predicted molar refractivity (Wildman–Crippen MR) is 200 cm³/mol. The first kappa shape index (κ1) is 29.2. The Kier molecular flexibility index (Phi) is 6.73. The maximum absolute atomic E-state index is 16.3. The van der Waals surface area contributed by atoms with Crippen molar-refractivity contribution in [3.63, 3.8) is 0 Å². The monoisotopic (exact) mass is 743 g/mol. The molecular formula is C43H31As2NO2. The standard InChI is InChI=1S/C43H31As2NO2/c1-30-26-39-43-40(27-30)45(48,36-20-12-5-13-21-36)38-29-34(32-16-8-3-9-17-32)23-25-42(38)46(43)41-24-22-33(31-14-6-2-7-15-31)28-37(41)44(39,47)35-18-10-4-11-19-35/h2-29H,1H3. The molecule has 7 aromatic carbocycles. The van der Waals surface area contributed by atoms with Gasteiger partial charge in [-0.25, -0.2) is 0 Å². The molecule has 0 aliphatic carbocycles. The Balaban J connectivity index is 1.42. The van der Waals surface area contributed by atoms with E-state index in [2.05, 4.69) is 77.7 Å². The molecule has 7 aromatic rings. The molecular weight excluding hydrogens is 712 g/mol. The molecule has 0 N–H and O–H groups in total. The van der Waals surface area contributed by atoms with Gasteiger partial charge in [-0.2, -0.15) is 0 Å². The first-order chi connectivity index (χ1) is 23.5. The van der Waals surface area contributed by atoms with Gasteiger partial charge in [0.2, 0.25) is 0 Å². The van der Waals surface area contributed by atoms with Crippen LogP contribution in [0.25, 0.3) is 22.3 Å². The van der Waals surface area contributed by atoms with E-state index in [1.165, 1.54) is 0 Å². The number of hydrogen-bond donors (Lipinski definition) is 0. The summed E-state index contributed by atoms with van der Waals surface area (Å²) in [7, 11) is 0. The van der Waals surface area contributed by atoms with Crippen LogP contribution in [0.4, 0.5) is 17.1 Å². The Labute approximate surface area is 285 Å². The van der Waals surface area contributed by atoms with Crippen molar-refractivity contribution in [2.24, 2.45) is 0 Å². The first-order valence-corrected chi connectivity index (χ1v) is 23.3. The van der Waals surface area contributed by atoms with Gasteiger partial charge in [-0.05, 0) is 0 Å². The number of hydrogen-bond acceptors (Lipinski definition) is 3. The topological polar surface area (TPSA) is 37.4 Å². The normalized spacial score (nSPS) is 18.8. The van der Waals surface area contributed by atoms with Crippen molar-refractivity contribution in [3.05, 3.63) is 175 Å². The quantitative estimate of drug-likeness (QED) is 0.201. The molecule has 2 atom stereocenters. The van der Waals surface area contributed by atoms with Gasteiger partial charge in [-0.15, -0.1) is 0 Å². The van der Waals surface area contributed by atoms with E-state index < -0.39 is 27.0 Å². The molecule has 2 heterocycles. The Bertz CT molecular complexity index is 2290. The fraction of sp³-hybridized carbons (Fsp3) is 0.0233. The van der Waals surface area contributed by atoms with Gasteiger partial charge < -0.3 is 0 Å². The van der Waals surface area contributed by atoms with Crippen molar-refractivity contribution >= 4 is 70.1 Å². The van der Waals surface area contributed by atoms with Gasteiger partial charge >= 0.3 is 287 Å². The summed E-state index contributed by atoms with van der Waals surface area (Å²) in [4.78, 5) is 2.26. The summed E-state index contributed by atoms with van der Waals surface area (Å²) < 4.78 is 37.6. The Morgan fingerprint density at radius 1 is 0.396 bits per heavy atom. The summed E-state index contributed by atoms with van der Waals surface area (Å²) >= 11 is -8.72. The third-order valence-corrected chi connectivity index (χ3v) is 22.6. The number of aryl methyl sites for hydroxylation is 1. The third-order valence-electron chi connectivity index (χ3n) is 9.68. The van der Waals surface area contributed by atoms with Crippen LogP contribution in [0.2, 0.25) is 0 Å². The number of anilines is 3. The fourth-order valence-corrected chi connectivity index (χ4v) is 21.0. The van der Waals surface area contributed by atoms with Gasteiger partial charge in [-0.3, -0.25) is 0 Å². The molecule has 0 fully saturated rings. The minimum absolute atomic E-state index is 0.808. The van der Waals surface area contributed by atoms with E-state index in [1.54, 1.807) is 0 Å². The molecule has 5 heteroatoms. The molecule has 0 saturated heterocycles. The van der Waals surface area contributed by atoms with Crippen LogP contribution in [0.1, 0.15) is 5.56 Å². The molecule has 0 radical (unpaired) electrons. The van der Waals surface area contributed by atoms with Crippen molar-refractivity contribution in [2.75, 3.05) is 4.90 Å². The zero-order valence-electron chi connectivity index (χ0n) is 26.3. The van der Waals surface area contributed by atoms with E-state index in [4.69, 9.17) is 0 Å². The second-order valence-corrected chi connectivity index (χ2v) is 23.8. The fourth-order valence-electron chi connectivity index (χ4n) is 7.46. The van der Waals surface area contributed by atoms with E-state index in [-0.39, 0.29) is 0 Å². The van der Waals surface area contributed by atoms with Crippen LogP contribution < -0.4 is 31.0 Å². The van der Waals surface area contributed by atoms with Crippen LogP contribution in [0, 0.1) is 6.92 Å². The average Bonchev–Trinajstić information content (AvgIpc) is 3.15. The van der Waals surface area contributed by atoms with Crippen LogP contribution in [-0.4, -0.2) is 27.0 Å². The first-order valence-electron chi connectivity index (χ1n) is 16.2. The van der Waals surface area contributed by atoms with Crippen molar-refractivity contribution in [2.45, 2.75) is 6.92 Å². The number of nitrogens with zero attached hydrogens (tertiary/aromatic N) is 1. The van der Waals surface area contributed by atoms with Crippen LogP contribution in [0.15, 0.2) is 170 Å². The van der Waals surface area contributed by atoms with E-state index in [0.29, 0.717) is 0 Å². The molecule has 3 nitrogen and oxygen atoms in total. The average molecular weight is 744 g/mol. The summed E-state index contributed by atoms with van der Waals surface area (Å²) in [6, 6.07) is 57.5. The molecule has 0 aromatic heterocycles. The van der Waals surface area contributed by atoms with E-state index in [0.717, 1.165) is 71.0 Å². The van der Waals surface area contributed by atoms with Crippen molar-refractivity contribution in [1.82, 2.24) is 0 Å². The van der Waals surface area contributed by atoms with Crippen LogP contribution in [-0.2, 0) is 7.48 Å². The second kappa shape index (κ2) is 11.1. The van der Waals surface area contributed by atoms with Gasteiger partial charge in [0.1, 0.15) is 0 Å². The van der Waals surface area contributed by atoms with Gasteiger partial charge in [-0.1, -0.05) is 0 Å². The number of benzene rings is 7. The summed E-state index contributed by atoms with van der Waals surface area (Å²) in [5, 5.41) is 0. The van der Waals surface area contributed by atoms with E-state index >= 15 is 7.48 Å². The molecule has 0 amide bonds. The molecule has 2 aliphatic heterocycles. The van der Waals surface area contributed by atoms with Crippen LogP contribution in [0.5, 0.6) is 0 Å². The third kappa shape index (κ3) is 4.21. The van der Waals surface area contributed by atoms with Crippen molar-refractivity contribution in [3.8, 4) is 22.3 Å². The molecule has 48 heavy (non-hydrogen) atoms. The second-order valence-electron chi connectivity index (χ2n) is 12.5. The van der Waals surface area contributed by atoms with Crippen molar-refractivity contribution in [1.29, 1.82) is 0 Å². The number of rotatable bonds is 4. The molecule has 0 spiro atoms. The van der Waals surface area contributed by atoms with E-state index in [9.17, 15) is 0 Å². The van der Waals surface area contributed by atoms with Crippen molar-refractivity contribution < 1.29 is 7.48 Å². The predicted octanol–water partition coefficient (Wildman–Crippen LogP) is 6.22. The number of fused-ring (bicyclic) bond motifs is 4. The summed E-state index contributed by atoms with van der Waals surface area (Å²) in [6.07, 6.45) is 0. The van der Waals surface area contributed by atoms with Crippen LogP contribution >= 0.6 is 0 Å². The van der Waals surface area contributed by atoms with Gasteiger partial charge in [0.15, 0.2) is 0 Å². The Morgan fingerprint density at radius 2 is 0.771 bits per heavy atom. The van der Waals surface area contributed by atoms with Gasteiger partial charge in [0, 0.05) is 0 Å². The van der Waals surface area contributed by atoms with Gasteiger partial charge in [0.25, 0.3) is 0 Å². The molecule has 0 saturated carbocycles.